The third-order valence-electron chi connectivity index (χ3n) is 6.99. The van der Waals surface area contributed by atoms with Gasteiger partial charge in [0.25, 0.3) is 0 Å². The minimum atomic E-state index is -0.161. The predicted octanol–water partition coefficient (Wildman–Crippen LogP) is 5.35. The number of dihydropyridines is 1. The minimum Gasteiger partial charge on any atom is -0.378 e. The average Bonchev–Trinajstić information content (AvgIpc) is 2.99. The molecule has 1 N–H and O–H groups in total. The zero-order valence-electron chi connectivity index (χ0n) is 19.8. The number of allylic oxidation sites excluding steroid dienone is 4. The van der Waals surface area contributed by atoms with Gasteiger partial charge in [-0.05, 0) is 51.0 Å². The number of hydrogen-bond donors (Lipinski definition) is 1. The second kappa shape index (κ2) is 8.22. The Bertz CT molecular complexity index is 951. The van der Waals surface area contributed by atoms with Gasteiger partial charge in [-0.2, -0.15) is 0 Å². The third-order valence-corrected chi connectivity index (χ3v) is 7.47. The van der Waals surface area contributed by atoms with Gasteiger partial charge in [-0.1, -0.05) is 43.7 Å². The zero-order chi connectivity index (χ0) is 22.4. The SMILES string of the molecule is C/C=C\C1=C(CN2CC(C)(C)c3ccc(N4CCOCC4)cc32)NC(C)(C)C(C)=C1Cl. The van der Waals surface area contributed by atoms with E-state index in [2.05, 4.69) is 80.1 Å². The Hall–Kier alpha value is -1.91. The molecule has 0 aliphatic carbocycles. The molecule has 3 aliphatic rings. The van der Waals surface area contributed by atoms with Gasteiger partial charge in [-0.3, -0.25) is 0 Å². The van der Waals surface area contributed by atoms with Crippen LogP contribution >= 0.6 is 11.6 Å². The molecule has 0 atom stereocenters. The first-order chi connectivity index (χ1) is 14.6. The van der Waals surface area contributed by atoms with Crippen LogP contribution in [0, 0.1) is 0 Å². The van der Waals surface area contributed by atoms with Crippen LogP contribution in [0.2, 0.25) is 0 Å². The van der Waals surface area contributed by atoms with Crippen LogP contribution < -0.4 is 15.1 Å². The summed E-state index contributed by atoms with van der Waals surface area (Å²) in [7, 11) is 0. The predicted molar refractivity (Wildman–Crippen MR) is 132 cm³/mol. The molecule has 168 valence electrons. The minimum absolute atomic E-state index is 0.111. The van der Waals surface area contributed by atoms with Crippen LogP contribution in [0.1, 0.15) is 47.1 Å². The van der Waals surface area contributed by atoms with E-state index in [1.54, 1.807) is 0 Å². The van der Waals surface area contributed by atoms with Crippen molar-refractivity contribution in [1.29, 1.82) is 0 Å². The van der Waals surface area contributed by atoms with Gasteiger partial charge in [0.15, 0.2) is 0 Å². The lowest BCUT2D eigenvalue weighted by molar-refractivity contribution is 0.122. The van der Waals surface area contributed by atoms with Crippen LogP contribution in [0.25, 0.3) is 0 Å². The van der Waals surface area contributed by atoms with Crippen LogP contribution in [0.4, 0.5) is 11.4 Å². The van der Waals surface area contributed by atoms with E-state index in [0.717, 1.165) is 50.0 Å². The summed E-state index contributed by atoms with van der Waals surface area (Å²) >= 11 is 6.85. The van der Waals surface area contributed by atoms with Gasteiger partial charge in [-0.15, -0.1) is 0 Å². The lowest BCUT2D eigenvalue weighted by atomic mass is 9.87. The molecule has 0 bridgehead atoms. The molecule has 31 heavy (non-hydrogen) atoms. The van der Waals surface area contributed by atoms with Crippen molar-refractivity contribution in [3.8, 4) is 0 Å². The zero-order valence-corrected chi connectivity index (χ0v) is 20.6. The smallest absolute Gasteiger partial charge is 0.0642 e. The highest BCUT2D eigenvalue weighted by Gasteiger charge is 2.38. The van der Waals surface area contributed by atoms with Crippen LogP contribution in [-0.4, -0.2) is 44.9 Å². The van der Waals surface area contributed by atoms with E-state index in [1.165, 1.54) is 28.2 Å². The van der Waals surface area contributed by atoms with E-state index in [9.17, 15) is 0 Å². The molecule has 3 heterocycles. The summed E-state index contributed by atoms with van der Waals surface area (Å²) in [6, 6.07) is 6.99. The number of morpholine rings is 1. The summed E-state index contributed by atoms with van der Waals surface area (Å²) in [5, 5.41) is 4.66. The standard InChI is InChI=1S/C26H36ClN3O/c1-7-8-20-22(28-26(5,6)18(2)24(20)27)16-30-17-25(3,4)21-10-9-19(15-23(21)30)29-11-13-31-14-12-29/h7-10,15,28H,11-14,16-17H2,1-6H3/b8-7-. The molecule has 0 radical (unpaired) electrons. The molecule has 1 saturated heterocycles. The molecular weight excluding hydrogens is 406 g/mol. The number of nitrogens with one attached hydrogen (secondary N) is 1. The van der Waals surface area contributed by atoms with E-state index in [4.69, 9.17) is 16.3 Å². The number of rotatable bonds is 4. The number of anilines is 2. The number of halogens is 1. The van der Waals surface area contributed by atoms with Crippen molar-refractivity contribution in [3.05, 3.63) is 57.8 Å². The molecular formula is C26H36ClN3O. The highest BCUT2D eigenvalue weighted by Crippen LogP contribution is 2.43. The average molecular weight is 442 g/mol. The van der Waals surface area contributed by atoms with Gasteiger partial charge in [0.05, 0.1) is 30.3 Å². The van der Waals surface area contributed by atoms with Gasteiger partial charge in [0.2, 0.25) is 0 Å². The molecule has 0 spiro atoms. The Labute approximate surface area is 192 Å². The summed E-state index contributed by atoms with van der Waals surface area (Å²) in [6.45, 7) is 18.6. The number of fused-ring (bicyclic) bond motifs is 1. The number of nitrogens with zero attached hydrogens (tertiary/aromatic N) is 2. The maximum absolute atomic E-state index is 6.85. The van der Waals surface area contributed by atoms with Gasteiger partial charge < -0.3 is 19.9 Å². The Morgan fingerprint density at radius 1 is 1.16 bits per heavy atom. The fourth-order valence-electron chi connectivity index (χ4n) is 4.96. The topological polar surface area (TPSA) is 27.7 Å². The Kier molecular flexibility index (Phi) is 5.91. The van der Waals surface area contributed by atoms with Gasteiger partial charge >= 0.3 is 0 Å². The van der Waals surface area contributed by atoms with Crippen LogP contribution in [-0.2, 0) is 10.2 Å². The molecule has 4 nitrogen and oxygen atoms in total. The summed E-state index contributed by atoms with van der Waals surface area (Å²) in [5.41, 5.74) is 7.48. The highest BCUT2D eigenvalue weighted by molar-refractivity contribution is 6.33. The molecule has 4 rings (SSSR count). The molecule has 0 saturated carbocycles. The summed E-state index contributed by atoms with van der Waals surface area (Å²) in [4.78, 5) is 4.95. The van der Waals surface area contributed by atoms with Gasteiger partial charge in [-0.25, -0.2) is 0 Å². The van der Waals surface area contributed by atoms with E-state index < -0.39 is 0 Å². The van der Waals surface area contributed by atoms with E-state index in [1.807, 2.05) is 6.92 Å². The first-order valence-corrected chi connectivity index (χ1v) is 11.8. The summed E-state index contributed by atoms with van der Waals surface area (Å²) < 4.78 is 5.55. The van der Waals surface area contributed by atoms with Crippen molar-refractivity contribution in [2.24, 2.45) is 0 Å². The van der Waals surface area contributed by atoms with Crippen molar-refractivity contribution in [2.75, 3.05) is 49.2 Å². The van der Waals surface area contributed by atoms with E-state index in [-0.39, 0.29) is 11.0 Å². The van der Waals surface area contributed by atoms with Gasteiger partial charge in [0.1, 0.15) is 0 Å². The first-order valence-electron chi connectivity index (χ1n) is 11.4. The number of ether oxygens (including phenoxy) is 1. The van der Waals surface area contributed by atoms with Crippen molar-refractivity contribution in [1.82, 2.24) is 5.32 Å². The second-order valence-electron chi connectivity index (χ2n) is 10.1. The molecule has 0 amide bonds. The quantitative estimate of drug-likeness (QED) is 0.681. The number of hydrogen-bond acceptors (Lipinski definition) is 4. The molecule has 0 unspecified atom stereocenters. The monoisotopic (exact) mass is 441 g/mol. The number of benzene rings is 1. The van der Waals surface area contributed by atoms with Crippen LogP contribution in [0.3, 0.4) is 0 Å². The molecule has 3 aliphatic heterocycles. The third kappa shape index (κ3) is 4.12. The fourth-order valence-corrected chi connectivity index (χ4v) is 5.38. The normalized spacial score (nSPS) is 22.9. The van der Waals surface area contributed by atoms with Crippen LogP contribution in [0.15, 0.2) is 52.2 Å². The molecule has 1 aromatic rings. The fraction of sp³-hybridized carbons (Fsp3) is 0.538. The maximum Gasteiger partial charge on any atom is 0.0642 e. The van der Waals surface area contributed by atoms with Crippen LogP contribution in [0.5, 0.6) is 0 Å². The lowest BCUT2D eigenvalue weighted by Gasteiger charge is -2.38. The lowest BCUT2D eigenvalue weighted by Crippen LogP contribution is -2.46. The first kappa shape index (κ1) is 22.3. The summed E-state index contributed by atoms with van der Waals surface area (Å²) in [5.74, 6) is 0. The molecule has 5 heteroatoms. The van der Waals surface area contributed by atoms with E-state index >= 15 is 0 Å². The van der Waals surface area contributed by atoms with Crippen molar-refractivity contribution < 1.29 is 4.74 Å². The Morgan fingerprint density at radius 2 is 1.87 bits per heavy atom. The molecule has 0 aromatic heterocycles. The molecule has 1 fully saturated rings. The van der Waals surface area contributed by atoms with Crippen molar-refractivity contribution >= 4 is 23.0 Å². The molecule has 1 aromatic carbocycles. The maximum atomic E-state index is 6.85. The Morgan fingerprint density at radius 3 is 2.55 bits per heavy atom. The van der Waals surface area contributed by atoms with Crippen molar-refractivity contribution in [2.45, 2.75) is 52.5 Å². The Balaban J connectivity index is 1.71. The van der Waals surface area contributed by atoms with Gasteiger partial charge in [0, 0.05) is 47.7 Å². The van der Waals surface area contributed by atoms with E-state index in [0.29, 0.717) is 0 Å². The summed E-state index contributed by atoms with van der Waals surface area (Å²) in [6.07, 6.45) is 4.21. The second-order valence-corrected chi connectivity index (χ2v) is 10.5. The largest absolute Gasteiger partial charge is 0.378 e. The highest BCUT2D eigenvalue weighted by atomic mass is 35.5. The van der Waals surface area contributed by atoms with Crippen molar-refractivity contribution in [3.63, 3.8) is 0 Å².